The number of anilines is 1. The van der Waals surface area contributed by atoms with E-state index in [1.165, 1.54) is 0 Å². The molecule has 0 bridgehead atoms. The van der Waals surface area contributed by atoms with E-state index in [-0.39, 0.29) is 35.7 Å². The molecule has 4 rings (SSSR count). The third kappa shape index (κ3) is 6.75. The predicted octanol–water partition coefficient (Wildman–Crippen LogP) is 3.42. The average molecular weight is 522 g/mol. The molecule has 0 radical (unpaired) electrons. The van der Waals surface area contributed by atoms with Crippen molar-refractivity contribution >= 4 is 27.5 Å². The van der Waals surface area contributed by atoms with Crippen molar-refractivity contribution in [3.05, 3.63) is 90.0 Å². The summed E-state index contributed by atoms with van der Waals surface area (Å²) >= 11 is 0. The third-order valence-electron chi connectivity index (χ3n) is 5.93. The Labute approximate surface area is 217 Å². The number of nitrogens with one attached hydrogen (secondary N) is 2. The van der Waals surface area contributed by atoms with Crippen molar-refractivity contribution < 1.29 is 22.7 Å². The van der Waals surface area contributed by atoms with Crippen LogP contribution >= 0.6 is 0 Å². The Hall–Kier alpha value is -3.69. The maximum atomic E-state index is 13.3. The molecule has 3 aromatic rings. The molecule has 0 spiro atoms. The van der Waals surface area contributed by atoms with Crippen LogP contribution in [-0.2, 0) is 32.6 Å². The Morgan fingerprint density at radius 3 is 2.32 bits per heavy atom. The Balaban J connectivity index is 1.41. The van der Waals surface area contributed by atoms with Crippen molar-refractivity contribution in [2.24, 2.45) is 0 Å². The molecule has 0 aliphatic carbocycles. The van der Waals surface area contributed by atoms with Crippen LogP contribution < -0.4 is 19.7 Å². The number of carbonyl (C=O) groups is 2. The number of aryl methyl sites for hydroxylation is 1. The normalized spacial score (nSPS) is 15.1. The maximum absolute atomic E-state index is 13.3. The van der Waals surface area contributed by atoms with Gasteiger partial charge in [-0.3, -0.25) is 9.59 Å². The lowest BCUT2D eigenvalue weighted by molar-refractivity contribution is -0.128. The van der Waals surface area contributed by atoms with Gasteiger partial charge in [0, 0.05) is 19.0 Å². The van der Waals surface area contributed by atoms with E-state index >= 15 is 0 Å². The van der Waals surface area contributed by atoms with Crippen LogP contribution in [0.5, 0.6) is 5.75 Å². The standard InChI is InChI=1S/C28H31N3O5S/c1-20(2)30-37(34,35)23-15-12-21(13-16-23)14-17-27(32)31-19-26(36-25-11-7-6-10-24(25)31)28(33)29-18-22-8-4-3-5-9-22/h3-13,15-16,20,26,30H,14,17-19H2,1-2H3,(H,29,33)/t26-/m0/s1. The van der Waals surface area contributed by atoms with Gasteiger partial charge in [0.1, 0.15) is 5.75 Å². The molecule has 2 N–H and O–H groups in total. The summed E-state index contributed by atoms with van der Waals surface area (Å²) in [6.45, 7) is 4.00. The van der Waals surface area contributed by atoms with Gasteiger partial charge in [-0.2, -0.15) is 0 Å². The summed E-state index contributed by atoms with van der Waals surface area (Å²) in [7, 11) is -3.57. The second kappa shape index (κ2) is 11.6. The Bertz CT molecular complexity index is 1340. The molecule has 8 nitrogen and oxygen atoms in total. The molecular weight excluding hydrogens is 490 g/mol. The SMILES string of the molecule is CC(C)NS(=O)(=O)c1ccc(CCC(=O)N2C[C@@H](C(=O)NCc3ccccc3)Oc3ccccc32)cc1. The molecule has 1 aliphatic heterocycles. The number of benzene rings is 3. The van der Waals surface area contributed by atoms with Gasteiger partial charge in [-0.25, -0.2) is 13.1 Å². The first-order valence-corrected chi connectivity index (χ1v) is 13.7. The Morgan fingerprint density at radius 1 is 0.946 bits per heavy atom. The molecule has 2 amide bonds. The number of ether oxygens (including phenoxy) is 1. The van der Waals surface area contributed by atoms with Crippen LogP contribution in [0.25, 0.3) is 0 Å². The molecule has 1 aliphatic rings. The highest BCUT2D eigenvalue weighted by Crippen LogP contribution is 2.33. The molecule has 0 unspecified atom stereocenters. The molecule has 0 saturated carbocycles. The maximum Gasteiger partial charge on any atom is 0.263 e. The summed E-state index contributed by atoms with van der Waals surface area (Å²) in [5.74, 6) is 0.0481. The number of para-hydroxylation sites is 2. The van der Waals surface area contributed by atoms with E-state index in [1.807, 2.05) is 36.4 Å². The fraction of sp³-hybridized carbons (Fsp3) is 0.286. The molecule has 37 heavy (non-hydrogen) atoms. The van der Waals surface area contributed by atoms with Gasteiger partial charge in [-0.15, -0.1) is 0 Å². The molecular formula is C28H31N3O5S. The van der Waals surface area contributed by atoms with E-state index in [2.05, 4.69) is 10.0 Å². The number of carbonyl (C=O) groups excluding carboxylic acids is 2. The molecule has 194 valence electrons. The second-order valence-corrected chi connectivity index (χ2v) is 10.9. The second-order valence-electron chi connectivity index (χ2n) is 9.20. The average Bonchev–Trinajstić information content (AvgIpc) is 2.89. The number of hydrogen-bond donors (Lipinski definition) is 2. The van der Waals surface area contributed by atoms with Crippen LogP contribution in [0.4, 0.5) is 5.69 Å². The van der Waals surface area contributed by atoms with Gasteiger partial charge in [-0.1, -0.05) is 54.6 Å². The monoisotopic (exact) mass is 521 g/mol. The summed E-state index contributed by atoms with van der Waals surface area (Å²) in [4.78, 5) is 27.9. The minimum Gasteiger partial charge on any atom is -0.477 e. The first kappa shape index (κ1) is 26.4. The summed E-state index contributed by atoms with van der Waals surface area (Å²) in [6, 6.07) is 23.1. The largest absolute Gasteiger partial charge is 0.477 e. The van der Waals surface area contributed by atoms with Crippen LogP contribution in [0.15, 0.2) is 83.8 Å². The van der Waals surface area contributed by atoms with Gasteiger partial charge in [0.15, 0.2) is 6.10 Å². The van der Waals surface area contributed by atoms with Crippen LogP contribution in [0, 0.1) is 0 Å². The lowest BCUT2D eigenvalue weighted by atomic mass is 10.1. The molecule has 1 heterocycles. The van der Waals surface area contributed by atoms with Crippen LogP contribution in [0.2, 0.25) is 0 Å². The van der Waals surface area contributed by atoms with E-state index in [9.17, 15) is 18.0 Å². The zero-order chi connectivity index (χ0) is 26.4. The Kier molecular flexibility index (Phi) is 8.25. The number of nitrogens with zero attached hydrogens (tertiary/aromatic N) is 1. The third-order valence-corrected chi connectivity index (χ3v) is 7.60. The highest BCUT2D eigenvalue weighted by atomic mass is 32.2. The number of rotatable bonds is 9. The first-order chi connectivity index (χ1) is 17.7. The topological polar surface area (TPSA) is 105 Å². The van der Waals surface area contributed by atoms with E-state index < -0.39 is 16.1 Å². The van der Waals surface area contributed by atoms with E-state index in [1.54, 1.807) is 61.2 Å². The van der Waals surface area contributed by atoms with Crippen molar-refractivity contribution in [2.45, 2.75) is 50.3 Å². The number of fused-ring (bicyclic) bond motifs is 1. The summed E-state index contributed by atoms with van der Waals surface area (Å²) in [5.41, 5.74) is 2.44. The number of sulfonamides is 1. The number of amides is 2. The quantitative estimate of drug-likeness (QED) is 0.449. The van der Waals surface area contributed by atoms with Gasteiger partial charge in [-0.05, 0) is 55.7 Å². The lowest BCUT2D eigenvalue weighted by Crippen LogP contribution is -2.50. The zero-order valence-electron chi connectivity index (χ0n) is 20.9. The van der Waals surface area contributed by atoms with Crippen molar-refractivity contribution in [3.63, 3.8) is 0 Å². The van der Waals surface area contributed by atoms with Gasteiger partial charge in [0.25, 0.3) is 5.91 Å². The fourth-order valence-corrected chi connectivity index (χ4v) is 5.36. The smallest absolute Gasteiger partial charge is 0.263 e. The molecule has 1 atom stereocenters. The summed E-state index contributed by atoms with van der Waals surface area (Å²) in [5, 5.41) is 2.89. The van der Waals surface area contributed by atoms with Crippen molar-refractivity contribution in [1.82, 2.24) is 10.0 Å². The molecule has 3 aromatic carbocycles. The van der Waals surface area contributed by atoms with Crippen LogP contribution in [-0.4, -0.2) is 38.9 Å². The molecule has 0 saturated heterocycles. The van der Waals surface area contributed by atoms with Crippen molar-refractivity contribution in [1.29, 1.82) is 0 Å². The highest BCUT2D eigenvalue weighted by molar-refractivity contribution is 7.89. The molecule has 0 aromatic heterocycles. The van der Waals surface area contributed by atoms with Gasteiger partial charge < -0.3 is 15.0 Å². The highest BCUT2D eigenvalue weighted by Gasteiger charge is 2.33. The fourth-order valence-electron chi connectivity index (χ4n) is 4.11. The molecule has 0 fully saturated rings. The van der Waals surface area contributed by atoms with E-state index in [0.29, 0.717) is 24.4 Å². The van der Waals surface area contributed by atoms with Crippen LogP contribution in [0.3, 0.4) is 0 Å². The molecule has 9 heteroatoms. The minimum absolute atomic E-state index is 0.106. The van der Waals surface area contributed by atoms with Gasteiger partial charge in [0.2, 0.25) is 15.9 Å². The predicted molar refractivity (Wildman–Crippen MR) is 142 cm³/mol. The zero-order valence-corrected chi connectivity index (χ0v) is 21.7. The van der Waals surface area contributed by atoms with Crippen molar-refractivity contribution in [2.75, 3.05) is 11.4 Å². The lowest BCUT2D eigenvalue weighted by Gasteiger charge is -2.34. The minimum atomic E-state index is -3.57. The number of hydrogen-bond acceptors (Lipinski definition) is 5. The first-order valence-electron chi connectivity index (χ1n) is 12.2. The van der Waals surface area contributed by atoms with Gasteiger partial charge in [0.05, 0.1) is 17.1 Å². The van der Waals surface area contributed by atoms with Crippen molar-refractivity contribution in [3.8, 4) is 5.75 Å². The summed E-state index contributed by atoms with van der Waals surface area (Å²) < 4.78 is 33.2. The van der Waals surface area contributed by atoms with E-state index in [0.717, 1.165) is 11.1 Å². The Morgan fingerprint density at radius 2 is 1.62 bits per heavy atom. The van der Waals surface area contributed by atoms with Gasteiger partial charge >= 0.3 is 0 Å². The summed E-state index contributed by atoms with van der Waals surface area (Å²) in [6.07, 6.45) is -0.204. The van der Waals surface area contributed by atoms with Crippen LogP contribution in [0.1, 0.15) is 31.4 Å². The van der Waals surface area contributed by atoms with E-state index in [4.69, 9.17) is 4.74 Å².